The normalized spacial score (nSPS) is 9.68. The topological polar surface area (TPSA) is 74.6 Å². The Kier molecular flexibility index (Phi) is 30.3. The summed E-state index contributed by atoms with van der Waals surface area (Å²) >= 11 is 0. The number of hydrogen-bond donors (Lipinski definition) is 2. The van der Waals surface area contributed by atoms with Crippen LogP contribution in [0, 0.1) is 0 Å². The molecule has 146 valence electrons. The van der Waals surface area contributed by atoms with Crippen LogP contribution in [0.3, 0.4) is 0 Å². The van der Waals surface area contributed by atoms with Crippen molar-refractivity contribution in [3.8, 4) is 0 Å². The van der Waals surface area contributed by atoms with Gasteiger partial charge in [-0.1, -0.05) is 90.9 Å². The van der Waals surface area contributed by atoms with Crippen LogP contribution in [0.2, 0.25) is 0 Å². The van der Waals surface area contributed by atoms with Gasteiger partial charge in [0.15, 0.2) is 0 Å². The van der Waals surface area contributed by atoms with E-state index >= 15 is 0 Å². The van der Waals surface area contributed by atoms with Crippen LogP contribution < -0.4 is 0 Å². The largest absolute Gasteiger partial charge is 0.481 e. The molecule has 0 amide bonds. The molecule has 0 aromatic heterocycles. The van der Waals surface area contributed by atoms with Crippen LogP contribution in [0.5, 0.6) is 0 Å². The minimum atomic E-state index is -0.666. The zero-order valence-electron chi connectivity index (χ0n) is 16.7. The number of aliphatic carboxylic acids is 2. The molecule has 0 aliphatic heterocycles. The van der Waals surface area contributed by atoms with E-state index in [0.717, 1.165) is 25.7 Å². The molecule has 0 spiro atoms. The van der Waals surface area contributed by atoms with Crippen molar-refractivity contribution >= 4 is 11.9 Å². The fourth-order valence-electron chi connectivity index (χ4n) is 2.47. The monoisotopic (exact) mass is 408 g/mol. The molecule has 0 saturated carbocycles. The van der Waals surface area contributed by atoms with Gasteiger partial charge in [-0.15, -0.1) is 0 Å². The van der Waals surface area contributed by atoms with Gasteiger partial charge in [0.2, 0.25) is 0 Å². The van der Waals surface area contributed by atoms with Gasteiger partial charge in [0.25, 0.3) is 0 Å². The minimum absolute atomic E-state index is 0. The molecule has 0 saturated heterocycles. The summed E-state index contributed by atoms with van der Waals surface area (Å²) in [5.74, 6) is -1.33. The molecule has 4 nitrogen and oxygen atoms in total. The van der Waals surface area contributed by atoms with Crippen LogP contribution >= 0.6 is 0 Å². The van der Waals surface area contributed by atoms with Crippen molar-refractivity contribution in [3.05, 3.63) is 0 Å². The summed E-state index contributed by atoms with van der Waals surface area (Å²) in [4.78, 5) is 20.3. The third kappa shape index (κ3) is 35.5. The first-order valence-corrected chi connectivity index (χ1v) is 9.98. The second-order valence-electron chi connectivity index (χ2n) is 6.53. The number of carbonyl (C=O) groups is 2. The van der Waals surface area contributed by atoms with E-state index in [1.807, 2.05) is 0 Å². The second kappa shape index (κ2) is 25.8. The SMILES string of the molecule is CCCCCCCCC(=O)O.CCCCCCCCCCC(=O)O.[Zn]. The standard InChI is InChI=1S/C11H22O2.C9H18O2.Zn/c1-2-3-4-5-6-7-8-9-10-11(12)13;1-2-3-4-5-6-7-8-9(10)11;/h2-10H2,1H3,(H,12,13);2-8H2,1H3,(H,10,11);. The molecular formula is C20H40O4Zn. The molecule has 0 aliphatic rings. The van der Waals surface area contributed by atoms with Crippen LogP contribution in [-0.4, -0.2) is 22.2 Å². The van der Waals surface area contributed by atoms with Gasteiger partial charge in [-0.3, -0.25) is 9.59 Å². The molecule has 0 aromatic rings. The van der Waals surface area contributed by atoms with Gasteiger partial charge in [-0.25, -0.2) is 0 Å². The summed E-state index contributed by atoms with van der Waals surface area (Å²) in [6, 6.07) is 0. The second-order valence-corrected chi connectivity index (χ2v) is 6.53. The van der Waals surface area contributed by atoms with Crippen LogP contribution in [0.25, 0.3) is 0 Å². The summed E-state index contributed by atoms with van der Waals surface area (Å²) in [6.07, 6.45) is 17.3. The zero-order valence-corrected chi connectivity index (χ0v) is 19.7. The number of hydrogen-bond acceptors (Lipinski definition) is 2. The van der Waals surface area contributed by atoms with E-state index in [1.54, 1.807) is 0 Å². The van der Waals surface area contributed by atoms with Crippen LogP contribution in [-0.2, 0) is 29.1 Å². The van der Waals surface area contributed by atoms with Crippen LogP contribution in [0.4, 0.5) is 0 Å². The first-order chi connectivity index (χ1) is 11.5. The first-order valence-electron chi connectivity index (χ1n) is 9.98. The molecule has 0 atom stereocenters. The van der Waals surface area contributed by atoms with E-state index in [9.17, 15) is 9.59 Å². The Bertz CT molecular complexity index is 283. The third-order valence-electron chi connectivity index (χ3n) is 3.99. The van der Waals surface area contributed by atoms with Crippen molar-refractivity contribution in [1.29, 1.82) is 0 Å². The minimum Gasteiger partial charge on any atom is -0.481 e. The van der Waals surface area contributed by atoms with E-state index in [4.69, 9.17) is 10.2 Å². The van der Waals surface area contributed by atoms with Gasteiger partial charge in [-0.2, -0.15) is 0 Å². The van der Waals surface area contributed by atoms with Crippen molar-refractivity contribution in [1.82, 2.24) is 0 Å². The van der Waals surface area contributed by atoms with Crippen LogP contribution in [0.1, 0.15) is 117 Å². The number of carboxylic acids is 2. The van der Waals surface area contributed by atoms with Gasteiger partial charge >= 0.3 is 11.9 Å². The maximum atomic E-state index is 10.2. The van der Waals surface area contributed by atoms with Gasteiger partial charge in [0.05, 0.1) is 0 Å². The zero-order chi connectivity index (χ0) is 18.5. The maximum Gasteiger partial charge on any atom is 0.303 e. The summed E-state index contributed by atoms with van der Waals surface area (Å²) < 4.78 is 0. The Labute approximate surface area is 167 Å². The molecule has 25 heavy (non-hydrogen) atoms. The number of unbranched alkanes of at least 4 members (excludes halogenated alkanes) is 12. The van der Waals surface area contributed by atoms with Gasteiger partial charge in [0, 0.05) is 32.3 Å². The predicted octanol–water partition coefficient (Wildman–Crippen LogP) is 6.42. The Morgan fingerprint density at radius 2 is 0.760 bits per heavy atom. The quantitative estimate of drug-likeness (QED) is 0.228. The van der Waals surface area contributed by atoms with E-state index in [-0.39, 0.29) is 19.5 Å². The van der Waals surface area contributed by atoms with Gasteiger partial charge < -0.3 is 10.2 Å². The van der Waals surface area contributed by atoms with Crippen molar-refractivity contribution in [2.45, 2.75) is 117 Å². The number of carboxylic acid groups (broad SMARTS) is 2. The molecule has 0 radical (unpaired) electrons. The van der Waals surface area contributed by atoms with Crippen molar-refractivity contribution in [2.75, 3.05) is 0 Å². The molecule has 0 aromatic carbocycles. The number of rotatable bonds is 16. The van der Waals surface area contributed by atoms with Crippen molar-refractivity contribution < 1.29 is 39.3 Å². The average molecular weight is 410 g/mol. The van der Waals surface area contributed by atoms with E-state index < -0.39 is 11.9 Å². The van der Waals surface area contributed by atoms with E-state index in [0.29, 0.717) is 12.8 Å². The summed E-state index contributed by atoms with van der Waals surface area (Å²) in [6.45, 7) is 4.39. The summed E-state index contributed by atoms with van der Waals surface area (Å²) in [5, 5.41) is 16.7. The fourth-order valence-corrected chi connectivity index (χ4v) is 2.47. The Hall–Kier alpha value is -0.437. The Morgan fingerprint density at radius 1 is 0.520 bits per heavy atom. The van der Waals surface area contributed by atoms with Crippen molar-refractivity contribution in [2.24, 2.45) is 0 Å². The Morgan fingerprint density at radius 3 is 1.00 bits per heavy atom. The first kappa shape index (κ1) is 29.3. The smallest absolute Gasteiger partial charge is 0.303 e. The third-order valence-corrected chi connectivity index (χ3v) is 3.99. The van der Waals surface area contributed by atoms with E-state index in [1.165, 1.54) is 64.2 Å². The van der Waals surface area contributed by atoms with E-state index in [2.05, 4.69) is 13.8 Å². The Balaban J connectivity index is -0.000000377. The summed E-state index contributed by atoms with van der Waals surface area (Å²) in [5.41, 5.74) is 0. The van der Waals surface area contributed by atoms with Gasteiger partial charge in [-0.05, 0) is 12.8 Å². The molecular weight excluding hydrogens is 370 g/mol. The molecule has 5 heteroatoms. The predicted molar refractivity (Wildman–Crippen MR) is 100 cm³/mol. The summed E-state index contributed by atoms with van der Waals surface area (Å²) in [7, 11) is 0. The van der Waals surface area contributed by atoms with Crippen LogP contribution in [0.15, 0.2) is 0 Å². The molecule has 0 bridgehead atoms. The molecule has 0 unspecified atom stereocenters. The fraction of sp³-hybridized carbons (Fsp3) is 0.900. The molecule has 0 fully saturated rings. The van der Waals surface area contributed by atoms with Crippen molar-refractivity contribution in [3.63, 3.8) is 0 Å². The molecule has 0 heterocycles. The molecule has 2 N–H and O–H groups in total. The molecule has 0 aliphatic carbocycles. The molecule has 0 rings (SSSR count). The maximum absolute atomic E-state index is 10.2. The average Bonchev–Trinajstić information content (AvgIpc) is 2.53. The van der Waals surface area contributed by atoms with Gasteiger partial charge in [0.1, 0.15) is 0 Å².